The number of ether oxygens (including phenoxy) is 2. The lowest BCUT2D eigenvalue weighted by molar-refractivity contribution is -0.184. The fraction of sp³-hybridized carbons (Fsp3) is 0.952. The second kappa shape index (κ2) is 6.63. The van der Waals surface area contributed by atoms with Gasteiger partial charge in [0.1, 0.15) is 0 Å². The lowest BCUT2D eigenvalue weighted by atomic mass is 9.70. The van der Waals surface area contributed by atoms with Crippen LogP contribution in [0.2, 0.25) is 0 Å². The first-order chi connectivity index (χ1) is 11.3. The Morgan fingerprint density at radius 2 is 1.88 bits per heavy atom. The quantitative estimate of drug-likeness (QED) is 0.495. The molecule has 3 nitrogen and oxygen atoms in total. The van der Waals surface area contributed by atoms with Gasteiger partial charge >= 0.3 is 5.97 Å². The highest BCUT2D eigenvalue weighted by Gasteiger charge is 2.60. The Kier molecular flexibility index (Phi) is 5.03. The van der Waals surface area contributed by atoms with Crippen molar-refractivity contribution in [2.75, 3.05) is 6.79 Å². The summed E-state index contributed by atoms with van der Waals surface area (Å²) >= 11 is 0. The van der Waals surface area contributed by atoms with Gasteiger partial charge in [-0.15, -0.1) is 0 Å². The highest BCUT2D eigenvalue weighted by molar-refractivity contribution is 5.73. The van der Waals surface area contributed by atoms with E-state index in [2.05, 4.69) is 34.6 Å². The smallest absolute Gasteiger partial charge is 0.311 e. The molecule has 0 saturated heterocycles. The summed E-state index contributed by atoms with van der Waals surface area (Å²) in [6.45, 7) is 11.6. The van der Waals surface area contributed by atoms with E-state index in [0.717, 1.165) is 18.8 Å². The summed E-state index contributed by atoms with van der Waals surface area (Å²) in [4.78, 5) is 12.5. The fourth-order valence-electron chi connectivity index (χ4n) is 6.25. The van der Waals surface area contributed by atoms with Crippen LogP contribution in [-0.4, -0.2) is 18.9 Å². The number of hydrogen-bond donors (Lipinski definition) is 0. The average molecular weight is 337 g/mol. The predicted octanol–water partition coefficient (Wildman–Crippen LogP) is 5.18. The molecule has 2 bridgehead atoms. The first kappa shape index (κ1) is 18.2. The molecule has 0 amide bonds. The minimum Gasteiger partial charge on any atom is -0.438 e. The van der Waals surface area contributed by atoms with Gasteiger partial charge in [-0.25, -0.2) is 0 Å². The van der Waals surface area contributed by atoms with Crippen LogP contribution in [0.5, 0.6) is 0 Å². The zero-order valence-corrected chi connectivity index (χ0v) is 16.3. The van der Waals surface area contributed by atoms with Crippen molar-refractivity contribution in [2.24, 2.45) is 34.5 Å². The number of hydrogen-bond acceptors (Lipinski definition) is 3. The SMILES string of the molecule is CCC1CC(CC)C(C(=O)OCOC2C3(C)CCC(C3)C2(C)C)C1. The van der Waals surface area contributed by atoms with Crippen molar-refractivity contribution in [1.82, 2.24) is 0 Å². The maximum Gasteiger partial charge on any atom is 0.311 e. The third-order valence-corrected chi connectivity index (χ3v) is 7.77. The van der Waals surface area contributed by atoms with Crippen LogP contribution in [-0.2, 0) is 14.3 Å². The molecule has 3 aliphatic rings. The van der Waals surface area contributed by atoms with Gasteiger partial charge in [0, 0.05) is 0 Å². The maximum atomic E-state index is 12.5. The molecule has 0 spiro atoms. The second-order valence-electron chi connectivity index (χ2n) is 9.56. The van der Waals surface area contributed by atoms with Gasteiger partial charge in [0.15, 0.2) is 6.79 Å². The molecule has 3 rings (SSSR count). The summed E-state index contributed by atoms with van der Waals surface area (Å²) < 4.78 is 11.8. The molecule has 138 valence electrons. The van der Waals surface area contributed by atoms with E-state index in [-0.39, 0.29) is 35.6 Å². The molecule has 6 unspecified atom stereocenters. The molecule has 24 heavy (non-hydrogen) atoms. The number of esters is 1. The zero-order valence-electron chi connectivity index (χ0n) is 16.3. The van der Waals surface area contributed by atoms with E-state index in [0.29, 0.717) is 11.8 Å². The van der Waals surface area contributed by atoms with E-state index in [1.807, 2.05) is 0 Å². The second-order valence-corrected chi connectivity index (χ2v) is 9.56. The van der Waals surface area contributed by atoms with Gasteiger partial charge in [0.25, 0.3) is 0 Å². The van der Waals surface area contributed by atoms with Crippen LogP contribution in [0, 0.1) is 34.5 Å². The van der Waals surface area contributed by atoms with E-state index in [4.69, 9.17) is 9.47 Å². The molecular weight excluding hydrogens is 300 g/mol. The Hall–Kier alpha value is -0.570. The molecule has 3 heteroatoms. The maximum absolute atomic E-state index is 12.5. The molecule has 0 aliphatic heterocycles. The number of rotatable bonds is 6. The van der Waals surface area contributed by atoms with Crippen LogP contribution < -0.4 is 0 Å². The van der Waals surface area contributed by atoms with Crippen molar-refractivity contribution < 1.29 is 14.3 Å². The van der Waals surface area contributed by atoms with Crippen LogP contribution in [0.25, 0.3) is 0 Å². The van der Waals surface area contributed by atoms with Crippen molar-refractivity contribution in [2.45, 2.75) is 85.7 Å². The lowest BCUT2D eigenvalue weighted by Gasteiger charge is -2.42. The summed E-state index contributed by atoms with van der Waals surface area (Å²) in [5, 5.41) is 0. The molecule has 0 radical (unpaired) electrons. The number of fused-ring (bicyclic) bond motifs is 2. The standard InChI is InChI=1S/C21H36O3/c1-6-14-10-15(7-2)17(11-14)18(22)23-13-24-19-20(3,4)16-8-9-21(19,5)12-16/h14-17,19H,6-13H2,1-5H3. The van der Waals surface area contributed by atoms with Gasteiger partial charge in [-0.1, -0.05) is 47.5 Å². The summed E-state index contributed by atoms with van der Waals surface area (Å²) in [6, 6.07) is 0. The van der Waals surface area contributed by atoms with Crippen molar-refractivity contribution in [1.29, 1.82) is 0 Å². The summed E-state index contributed by atoms with van der Waals surface area (Å²) in [6.07, 6.45) is 8.48. The van der Waals surface area contributed by atoms with E-state index in [9.17, 15) is 4.79 Å². The largest absolute Gasteiger partial charge is 0.438 e. The first-order valence-electron chi connectivity index (χ1n) is 10.1. The van der Waals surface area contributed by atoms with Crippen LogP contribution >= 0.6 is 0 Å². The highest BCUT2D eigenvalue weighted by atomic mass is 16.7. The first-order valence-corrected chi connectivity index (χ1v) is 10.1. The topological polar surface area (TPSA) is 35.5 Å². The molecule has 3 fully saturated rings. The zero-order chi connectivity index (χ0) is 17.5. The molecule has 0 aromatic heterocycles. The van der Waals surface area contributed by atoms with E-state index < -0.39 is 0 Å². The van der Waals surface area contributed by atoms with Crippen molar-refractivity contribution in [3.8, 4) is 0 Å². The monoisotopic (exact) mass is 336 g/mol. The summed E-state index contributed by atoms with van der Waals surface area (Å²) in [7, 11) is 0. The van der Waals surface area contributed by atoms with Crippen LogP contribution in [0.4, 0.5) is 0 Å². The lowest BCUT2D eigenvalue weighted by Crippen LogP contribution is -2.43. The molecule has 0 heterocycles. The molecule has 0 N–H and O–H groups in total. The van der Waals surface area contributed by atoms with E-state index in [1.54, 1.807) is 0 Å². The number of carbonyl (C=O) groups is 1. The minimum absolute atomic E-state index is 0.0242. The van der Waals surface area contributed by atoms with Crippen LogP contribution in [0.3, 0.4) is 0 Å². The molecule has 0 aromatic carbocycles. The van der Waals surface area contributed by atoms with Gasteiger partial charge in [-0.05, 0) is 60.7 Å². The van der Waals surface area contributed by atoms with Gasteiger partial charge < -0.3 is 9.47 Å². The molecule has 0 aromatic rings. The highest BCUT2D eigenvalue weighted by Crippen LogP contribution is 2.63. The summed E-state index contributed by atoms with van der Waals surface area (Å²) in [5.74, 6) is 2.01. The third-order valence-electron chi connectivity index (χ3n) is 7.77. The fourth-order valence-corrected chi connectivity index (χ4v) is 6.25. The van der Waals surface area contributed by atoms with Crippen LogP contribution in [0.15, 0.2) is 0 Å². The van der Waals surface area contributed by atoms with Crippen LogP contribution in [0.1, 0.15) is 79.6 Å². The Morgan fingerprint density at radius 1 is 1.12 bits per heavy atom. The third kappa shape index (κ3) is 3.02. The van der Waals surface area contributed by atoms with Gasteiger partial charge in [-0.3, -0.25) is 4.79 Å². The van der Waals surface area contributed by atoms with E-state index in [1.165, 1.54) is 32.1 Å². The Labute approximate surface area is 147 Å². The Balaban J connectivity index is 1.52. The summed E-state index contributed by atoms with van der Waals surface area (Å²) in [5.41, 5.74) is 0.471. The Morgan fingerprint density at radius 3 is 2.46 bits per heavy atom. The Bertz CT molecular complexity index is 467. The predicted molar refractivity (Wildman–Crippen MR) is 95.3 cm³/mol. The van der Waals surface area contributed by atoms with Crippen molar-refractivity contribution in [3.63, 3.8) is 0 Å². The van der Waals surface area contributed by atoms with E-state index >= 15 is 0 Å². The van der Waals surface area contributed by atoms with Gasteiger partial charge in [0.05, 0.1) is 12.0 Å². The molecule has 3 aliphatic carbocycles. The van der Waals surface area contributed by atoms with Crippen molar-refractivity contribution in [3.05, 3.63) is 0 Å². The molecular formula is C21H36O3. The molecule has 6 atom stereocenters. The normalized spacial score (nSPS) is 43.3. The van der Waals surface area contributed by atoms with Crippen molar-refractivity contribution >= 4 is 5.97 Å². The minimum atomic E-state index is -0.0242. The van der Waals surface area contributed by atoms with Gasteiger partial charge in [0.2, 0.25) is 0 Å². The molecule has 3 saturated carbocycles. The average Bonchev–Trinajstić information content (AvgIpc) is 3.18. The van der Waals surface area contributed by atoms with Gasteiger partial charge in [-0.2, -0.15) is 0 Å². The number of carbonyl (C=O) groups excluding carboxylic acids is 1.